The summed E-state index contributed by atoms with van der Waals surface area (Å²) in [6.07, 6.45) is 4.85. The zero-order valence-electron chi connectivity index (χ0n) is 13.0. The van der Waals surface area contributed by atoms with Gasteiger partial charge in [0.25, 0.3) is 0 Å². The fourth-order valence-electron chi connectivity index (χ4n) is 5.23. The normalized spacial score (nSPS) is 37.1. The number of amides is 1. The average molecular weight is 297 g/mol. The minimum absolute atomic E-state index is 0.0204. The Hall–Kier alpha value is -1.64. The third-order valence-corrected chi connectivity index (χ3v) is 6.10. The summed E-state index contributed by atoms with van der Waals surface area (Å²) in [5.41, 5.74) is 0.380. The van der Waals surface area contributed by atoms with Gasteiger partial charge in [0, 0.05) is 5.92 Å². The van der Waals surface area contributed by atoms with E-state index in [4.69, 9.17) is 0 Å². The fourth-order valence-corrected chi connectivity index (χ4v) is 5.23. The quantitative estimate of drug-likeness (QED) is 0.870. The van der Waals surface area contributed by atoms with E-state index in [1.54, 1.807) is 0 Å². The molecule has 0 heterocycles. The van der Waals surface area contributed by atoms with Crippen LogP contribution >= 0.6 is 0 Å². The van der Waals surface area contributed by atoms with E-state index in [2.05, 4.69) is 5.32 Å². The summed E-state index contributed by atoms with van der Waals surface area (Å²) in [4.78, 5) is 25.8. The summed E-state index contributed by atoms with van der Waals surface area (Å²) in [5.74, 6) is 1.55. The Morgan fingerprint density at radius 2 is 1.77 bits per heavy atom. The summed E-state index contributed by atoms with van der Waals surface area (Å²) in [6, 6.07) is 9.93. The first kappa shape index (κ1) is 14.0. The molecule has 0 aliphatic heterocycles. The lowest BCUT2D eigenvalue weighted by molar-refractivity contribution is -0.162. The van der Waals surface area contributed by atoms with Crippen LogP contribution in [0.2, 0.25) is 0 Å². The molecule has 3 atom stereocenters. The molecular weight excluding hydrogens is 274 g/mol. The van der Waals surface area contributed by atoms with Gasteiger partial charge in [-0.2, -0.15) is 0 Å². The monoisotopic (exact) mass is 297 g/mol. The van der Waals surface area contributed by atoms with Gasteiger partial charge in [0.05, 0.1) is 6.04 Å². The van der Waals surface area contributed by atoms with E-state index in [-0.39, 0.29) is 23.7 Å². The van der Waals surface area contributed by atoms with Gasteiger partial charge in [0.2, 0.25) is 5.91 Å². The minimum atomic E-state index is -0.711. The average Bonchev–Trinajstić information content (AvgIpc) is 2.52. The van der Waals surface area contributed by atoms with Crippen molar-refractivity contribution in [2.45, 2.75) is 45.1 Å². The zero-order chi connectivity index (χ0) is 15.3. The van der Waals surface area contributed by atoms with Crippen LogP contribution < -0.4 is 5.32 Å². The molecule has 0 spiro atoms. The summed E-state index contributed by atoms with van der Waals surface area (Å²) in [6.45, 7) is 2.00. The molecule has 1 aromatic rings. The van der Waals surface area contributed by atoms with E-state index >= 15 is 0 Å². The van der Waals surface area contributed by atoms with Gasteiger partial charge >= 0.3 is 0 Å². The van der Waals surface area contributed by atoms with E-state index in [1.807, 2.05) is 37.3 Å². The highest BCUT2D eigenvalue weighted by atomic mass is 16.2. The van der Waals surface area contributed by atoms with Crippen LogP contribution in [0.1, 0.15) is 50.6 Å². The van der Waals surface area contributed by atoms with Crippen LogP contribution in [0.4, 0.5) is 0 Å². The van der Waals surface area contributed by atoms with Crippen LogP contribution in [0.25, 0.3) is 0 Å². The number of carbonyl (C=O) groups excluding carboxylic acids is 2. The summed E-state index contributed by atoms with van der Waals surface area (Å²) in [7, 11) is 0. The van der Waals surface area contributed by atoms with Crippen LogP contribution in [0, 0.1) is 23.2 Å². The molecule has 4 bridgehead atoms. The van der Waals surface area contributed by atoms with Crippen molar-refractivity contribution in [3.63, 3.8) is 0 Å². The maximum atomic E-state index is 13.0. The Morgan fingerprint density at radius 1 is 1.14 bits per heavy atom. The van der Waals surface area contributed by atoms with Gasteiger partial charge in [-0.05, 0) is 56.4 Å². The van der Waals surface area contributed by atoms with Crippen LogP contribution in [0.3, 0.4) is 0 Å². The Morgan fingerprint density at radius 3 is 2.41 bits per heavy atom. The van der Waals surface area contributed by atoms with Gasteiger partial charge in [-0.1, -0.05) is 30.3 Å². The molecular formula is C19H23NO2. The van der Waals surface area contributed by atoms with Gasteiger partial charge in [-0.15, -0.1) is 0 Å². The number of rotatable bonds is 3. The lowest BCUT2D eigenvalue weighted by Crippen LogP contribution is -2.59. The van der Waals surface area contributed by atoms with Gasteiger partial charge in [0.1, 0.15) is 5.41 Å². The molecule has 3 unspecified atom stereocenters. The van der Waals surface area contributed by atoms with Crippen molar-refractivity contribution in [3.05, 3.63) is 35.9 Å². The second kappa shape index (κ2) is 4.94. The Balaban J connectivity index is 1.56. The Bertz CT molecular complexity index is 595. The van der Waals surface area contributed by atoms with Gasteiger partial charge in [-0.3, -0.25) is 9.59 Å². The zero-order valence-corrected chi connectivity index (χ0v) is 13.0. The third kappa shape index (κ3) is 2.02. The predicted octanol–water partition coefficient (Wildman–Crippen LogP) is 3.26. The van der Waals surface area contributed by atoms with Gasteiger partial charge in [-0.25, -0.2) is 0 Å². The Kier molecular flexibility index (Phi) is 3.14. The van der Waals surface area contributed by atoms with Crippen LogP contribution in [0.15, 0.2) is 30.3 Å². The molecule has 4 aliphatic carbocycles. The lowest BCUT2D eigenvalue weighted by Gasteiger charge is -2.54. The second-order valence-electron chi connectivity index (χ2n) is 7.60. The summed E-state index contributed by atoms with van der Waals surface area (Å²) in [5, 5.41) is 3.12. The molecule has 4 fully saturated rings. The molecule has 0 saturated heterocycles. The molecule has 22 heavy (non-hydrogen) atoms. The van der Waals surface area contributed by atoms with Gasteiger partial charge < -0.3 is 5.32 Å². The van der Waals surface area contributed by atoms with E-state index in [0.717, 1.165) is 31.2 Å². The van der Waals surface area contributed by atoms with Crippen LogP contribution in [-0.4, -0.2) is 11.7 Å². The molecule has 3 heteroatoms. The maximum absolute atomic E-state index is 13.0. The fraction of sp³-hybridized carbons (Fsp3) is 0.579. The number of carbonyl (C=O) groups is 2. The van der Waals surface area contributed by atoms with Crippen molar-refractivity contribution in [2.75, 3.05) is 0 Å². The van der Waals surface area contributed by atoms with Crippen LogP contribution in [-0.2, 0) is 9.59 Å². The lowest BCUT2D eigenvalue weighted by atomic mass is 9.48. The van der Waals surface area contributed by atoms with Crippen LogP contribution in [0.5, 0.6) is 0 Å². The molecule has 0 radical (unpaired) electrons. The molecule has 4 aliphatic rings. The highest BCUT2D eigenvalue weighted by Crippen LogP contribution is 2.58. The van der Waals surface area contributed by atoms with Crippen molar-refractivity contribution in [3.8, 4) is 0 Å². The van der Waals surface area contributed by atoms with E-state index in [9.17, 15) is 9.59 Å². The van der Waals surface area contributed by atoms with Crippen molar-refractivity contribution in [1.82, 2.24) is 5.32 Å². The number of nitrogens with one attached hydrogen (secondary N) is 1. The molecule has 116 valence electrons. The number of hydrogen-bond acceptors (Lipinski definition) is 2. The predicted molar refractivity (Wildman–Crippen MR) is 84.0 cm³/mol. The first-order valence-electron chi connectivity index (χ1n) is 8.49. The molecule has 0 aromatic heterocycles. The first-order chi connectivity index (χ1) is 10.6. The number of hydrogen-bond donors (Lipinski definition) is 1. The molecule has 3 nitrogen and oxygen atoms in total. The molecule has 1 aromatic carbocycles. The van der Waals surface area contributed by atoms with E-state index < -0.39 is 5.41 Å². The summed E-state index contributed by atoms with van der Waals surface area (Å²) >= 11 is 0. The van der Waals surface area contributed by atoms with Crippen molar-refractivity contribution < 1.29 is 9.59 Å². The molecule has 1 amide bonds. The smallest absolute Gasteiger partial charge is 0.234 e. The largest absolute Gasteiger partial charge is 0.349 e. The first-order valence-corrected chi connectivity index (χ1v) is 8.49. The SMILES string of the molecule is CC(NC(=O)C12CC3CC(CC(C3)C1=O)C2)c1ccccc1. The minimum Gasteiger partial charge on any atom is -0.349 e. The van der Waals surface area contributed by atoms with Crippen molar-refractivity contribution in [2.24, 2.45) is 23.2 Å². The highest BCUT2D eigenvalue weighted by molar-refractivity contribution is 6.08. The second-order valence-corrected chi connectivity index (χ2v) is 7.60. The van der Waals surface area contributed by atoms with E-state index in [0.29, 0.717) is 11.8 Å². The number of Topliss-reactive ketones (excluding diaryl/α,β-unsaturated/α-hetero) is 1. The van der Waals surface area contributed by atoms with Crippen molar-refractivity contribution >= 4 is 11.7 Å². The molecule has 5 rings (SSSR count). The van der Waals surface area contributed by atoms with Crippen molar-refractivity contribution in [1.29, 1.82) is 0 Å². The Labute approximate surface area is 131 Å². The standard InChI is InChI=1S/C19H23NO2/c1-12(15-5-3-2-4-6-15)20-18(22)19-10-13-7-14(11-19)9-16(8-13)17(19)21/h2-6,12-14,16H,7-11H2,1H3,(H,20,22). The van der Waals surface area contributed by atoms with E-state index in [1.165, 1.54) is 6.42 Å². The molecule has 1 N–H and O–H groups in total. The maximum Gasteiger partial charge on any atom is 0.234 e. The number of benzene rings is 1. The molecule has 4 saturated carbocycles. The topological polar surface area (TPSA) is 46.2 Å². The van der Waals surface area contributed by atoms with Gasteiger partial charge in [0.15, 0.2) is 5.78 Å². The highest BCUT2D eigenvalue weighted by Gasteiger charge is 2.60. The number of ketones is 1. The summed E-state index contributed by atoms with van der Waals surface area (Å²) < 4.78 is 0. The third-order valence-electron chi connectivity index (χ3n) is 6.10.